The van der Waals surface area contributed by atoms with Gasteiger partial charge < -0.3 is 14.9 Å². The lowest BCUT2D eigenvalue weighted by atomic mass is 10.1. The molecule has 2 heterocycles. The first-order valence-corrected chi connectivity index (χ1v) is 7.48. The van der Waals surface area contributed by atoms with Crippen molar-refractivity contribution in [1.29, 1.82) is 0 Å². The summed E-state index contributed by atoms with van der Waals surface area (Å²) < 4.78 is 1.56. The van der Waals surface area contributed by atoms with Crippen LogP contribution in [0.2, 0.25) is 0 Å². The van der Waals surface area contributed by atoms with Crippen molar-refractivity contribution in [3.8, 4) is 0 Å². The van der Waals surface area contributed by atoms with Gasteiger partial charge in [0.1, 0.15) is 5.69 Å². The summed E-state index contributed by atoms with van der Waals surface area (Å²) in [5, 5.41) is 5.03. The Kier molecular flexibility index (Phi) is 3.64. The fourth-order valence-corrected chi connectivity index (χ4v) is 2.84. The number of carbonyl (C=O) groups excluding carboxylic acids is 1. The smallest absolute Gasteiger partial charge is 0.305 e. The molecule has 7 heteroatoms. The van der Waals surface area contributed by atoms with Crippen molar-refractivity contribution in [3.05, 3.63) is 67.0 Å². The molecular formula is C15H13N3O3S. The number of nitrogens with one attached hydrogen (secondary N) is 2. The highest BCUT2D eigenvalue weighted by atomic mass is 32.1. The molecule has 0 atom stereocenters. The Hall–Kier alpha value is -2.67. The number of amides is 1. The number of aromatic amines is 1. The van der Waals surface area contributed by atoms with Crippen molar-refractivity contribution in [1.82, 2.24) is 14.9 Å². The Morgan fingerprint density at radius 3 is 2.82 bits per heavy atom. The molecule has 0 bridgehead atoms. The molecule has 6 nitrogen and oxygen atoms in total. The molecule has 0 saturated heterocycles. The topological polar surface area (TPSA) is 84.0 Å². The number of fused-ring (bicyclic) bond motifs is 1. The van der Waals surface area contributed by atoms with Gasteiger partial charge >= 0.3 is 4.87 Å². The van der Waals surface area contributed by atoms with Crippen molar-refractivity contribution in [2.75, 3.05) is 0 Å². The largest absolute Gasteiger partial charge is 0.346 e. The van der Waals surface area contributed by atoms with E-state index in [-0.39, 0.29) is 22.7 Å². The number of carbonyl (C=O) groups is 1. The normalized spacial score (nSPS) is 10.8. The van der Waals surface area contributed by atoms with E-state index in [1.807, 2.05) is 24.3 Å². The van der Waals surface area contributed by atoms with Crippen molar-refractivity contribution in [2.45, 2.75) is 6.54 Å². The minimum absolute atomic E-state index is 0.105. The zero-order chi connectivity index (χ0) is 15.7. The van der Waals surface area contributed by atoms with Crippen LogP contribution in [-0.2, 0) is 13.6 Å². The van der Waals surface area contributed by atoms with Gasteiger partial charge in [0.25, 0.3) is 11.5 Å². The number of hydrogen-bond donors (Lipinski definition) is 2. The molecule has 0 fully saturated rings. The van der Waals surface area contributed by atoms with Gasteiger partial charge in [-0.15, -0.1) is 0 Å². The maximum Gasteiger partial charge on any atom is 0.305 e. The molecule has 112 valence electrons. The number of H-pyrrole nitrogens is 1. The van der Waals surface area contributed by atoms with Crippen LogP contribution in [0.25, 0.3) is 10.9 Å². The zero-order valence-corrected chi connectivity index (χ0v) is 12.6. The van der Waals surface area contributed by atoms with Gasteiger partial charge in [-0.25, -0.2) is 0 Å². The summed E-state index contributed by atoms with van der Waals surface area (Å²) >= 11 is 0.924. The van der Waals surface area contributed by atoms with Crippen molar-refractivity contribution < 1.29 is 4.79 Å². The number of pyridine rings is 1. The highest BCUT2D eigenvalue weighted by Gasteiger charge is 2.10. The first-order chi connectivity index (χ1) is 10.6. The maximum absolute atomic E-state index is 12.3. The Labute approximate surface area is 129 Å². The number of nitrogens with zero attached hydrogens (tertiary/aromatic N) is 1. The standard InChI is InChI=1S/C15H13N3O3S/c1-18-12-5-3-2-4-9(12)6-10(14(18)20)7-16-13(19)11-8-22-15(21)17-11/h2-6,8H,7H2,1H3,(H,16,19)(H,17,21). The first kappa shape index (κ1) is 14.3. The summed E-state index contributed by atoms with van der Waals surface area (Å²) in [7, 11) is 1.70. The molecular weight excluding hydrogens is 302 g/mol. The fraction of sp³-hybridized carbons (Fsp3) is 0.133. The van der Waals surface area contributed by atoms with Crippen LogP contribution < -0.4 is 15.7 Å². The van der Waals surface area contributed by atoms with Gasteiger partial charge in [-0.05, 0) is 17.5 Å². The van der Waals surface area contributed by atoms with Crippen molar-refractivity contribution in [2.24, 2.45) is 7.05 Å². The third-order valence-electron chi connectivity index (χ3n) is 3.41. The molecule has 3 aromatic rings. The van der Waals surface area contributed by atoms with E-state index in [4.69, 9.17) is 0 Å². The van der Waals surface area contributed by atoms with Gasteiger partial charge in [0.2, 0.25) is 0 Å². The molecule has 0 aliphatic heterocycles. The van der Waals surface area contributed by atoms with E-state index in [1.54, 1.807) is 17.7 Å². The molecule has 1 aromatic carbocycles. The predicted molar refractivity (Wildman–Crippen MR) is 85.3 cm³/mol. The van der Waals surface area contributed by atoms with Crippen molar-refractivity contribution >= 4 is 28.1 Å². The second kappa shape index (κ2) is 5.61. The number of aromatic nitrogens is 2. The lowest BCUT2D eigenvalue weighted by Gasteiger charge is -2.09. The molecule has 0 saturated carbocycles. The van der Waals surface area contributed by atoms with E-state index in [0.717, 1.165) is 22.2 Å². The number of benzene rings is 1. The molecule has 0 spiro atoms. The number of rotatable bonds is 3. The van der Waals surface area contributed by atoms with Crippen LogP contribution in [0.1, 0.15) is 16.1 Å². The minimum atomic E-state index is -0.409. The summed E-state index contributed by atoms with van der Waals surface area (Å²) in [5.41, 5.74) is 1.38. The van der Waals surface area contributed by atoms with Gasteiger partial charge in [-0.3, -0.25) is 14.4 Å². The van der Waals surface area contributed by atoms with E-state index in [9.17, 15) is 14.4 Å². The average Bonchev–Trinajstić information content (AvgIpc) is 2.96. The number of hydrogen-bond acceptors (Lipinski definition) is 4. The molecule has 1 amide bonds. The highest BCUT2D eigenvalue weighted by Crippen LogP contribution is 2.12. The Bertz CT molecular complexity index is 968. The van der Waals surface area contributed by atoms with Crippen LogP contribution in [-0.4, -0.2) is 15.5 Å². The third-order valence-corrected chi connectivity index (χ3v) is 4.08. The van der Waals surface area contributed by atoms with E-state index in [2.05, 4.69) is 10.3 Å². The third kappa shape index (κ3) is 2.58. The molecule has 0 unspecified atom stereocenters. The highest BCUT2D eigenvalue weighted by molar-refractivity contribution is 7.07. The fourth-order valence-electron chi connectivity index (χ4n) is 2.28. The molecule has 0 radical (unpaired) electrons. The summed E-state index contributed by atoms with van der Waals surface area (Å²) in [6.45, 7) is 0.105. The van der Waals surface area contributed by atoms with Gasteiger partial charge in [-0.1, -0.05) is 29.5 Å². The Balaban J connectivity index is 1.88. The summed E-state index contributed by atoms with van der Waals surface area (Å²) in [4.78, 5) is 37.4. The van der Waals surface area contributed by atoms with E-state index < -0.39 is 5.91 Å². The zero-order valence-electron chi connectivity index (χ0n) is 11.8. The van der Waals surface area contributed by atoms with Crippen LogP contribution >= 0.6 is 11.3 Å². The monoisotopic (exact) mass is 315 g/mol. The first-order valence-electron chi connectivity index (χ1n) is 6.60. The summed E-state index contributed by atoms with van der Waals surface area (Å²) in [6.07, 6.45) is 0. The van der Waals surface area contributed by atoms with Gasteiger partial charge in [0.05, 0.1) is 5.52 Å². The maximum atomic E-state index is 12.3. The van der Waals surface area contributed by atoms with Crippen LogP contribution in [0.3, 0.4) is 0 Å². The number of para-hydroxylation sites is 1. The van der Waals surface area contributed by atoms with Gasteiger partial charge in [0.15, 0.2) is 0 Å². The molecule has 2 aromatic heterocycles. The van der Waals surface area contributed by atoms with Crippen molar-refractivity contribution in [3.63, 3.8) is 0 Å². The lowest BCUT2D eigenvalue weighted by Crippen LogP contribution is -2.29. The Morgan fingerprint density at radius 2 is 2.09 bits per heavy atom. The van der Waals surface area contributed by atoms with E-state index in [0.29, 0.717) is 5.56 Å². The van der Waals surface area contributed by atoms with Crippen LogP contribution in [0.4, 0.5) is 0 Å². The second-order valence-electron chi connectivity index (χ2n) is 4.84. The number of thiazole rings is 1. The summed E-state index contributed by atoms with van der Waals surface area (Å²) in [5.74, 6) is -0.409. The molecule has 2 N–H and O–H groups in total. The number of aryl methyl sites for hydroxylation is 1. The Morgan fingerprint density at radius 1 is 1.32 bits per heavy atom. The molecule has 22 heavy (non-hydrogen) atoms. The SMILES string of the molecule is Cn1c(=O)c(CNC(=O)c2csc(=O)[nH]2)cc2ccccc21. The van der Waals surface area contributed by atoms with Crippen LogP contribution in [0, 0.1) is 0 Å². The lowest BCUT2D eigenvalue weighted by molar-refractivity contribution is 0.0946. The second-order valence-corrected chi connectivity index (χ2v) is 5.68. The quantitative estimate of drug-likeness (QED) is 0.762. The summed E-state index contributed by atoms with van der Waals surface area (Å²) in [6, 6.07) is 9.32. The molecule has 3 rings (SSSR count). The minimum Gasteiger partial charge on any atom is -0.346 e. The molecule has 0 aliphatic rings. The van der Waals surface area contributed by atoms with Crippen LogP contribution in [0.15, 0.2) is 45.3 Å². The van der Waals surface area contributed by atoms with Gasteiger partial charge in [-0.2, -0.15) is 0 Å². The average molecular weight is 315 g/mol. The van der Waals surface area contributed by atoms with Crippen LogP contribution in [0.5, 0.6) is 0 Å². The molecule has 0 aliphatic carbocycles. The van der Waals surface area contributed by atoms with Gasteiger partial charge in [0, 0.05) is 24.5 Å². The predicted octanol–water partition coefficient (Wildman–Crippen LogP) is 1.22. The van der Waals surface area contributed by atoms with E-state index >= 15 is 0 Å². The van der Waals surface area contributed by atoms with E-state index in [1.165, 1.54) is 5.38 Å².